The number of pyridine rings is 1. The molecule has 2 aliphatic rings. The zero-order chi connectivity index (χ0) is 22.7. The molecule has 7 nitrogen and oxygen atoms in total. The first-order valence-corrected chi connectivity index (χ1v) is 11.0. The molecule has 1 aliphatic carbocycles. The fourth-order valence-corrected chi connectivity index (χ4v) is 5.37. The number of hydrogen-bond donors (Lipinski definition) is 1. The van der Waals surface area contributed by atoms with Crippen molar-refractivity contribution in [3.63, 3.8) is 0 Å². The van der Waals surface area contributed by atoms with Gasteiger partial charge in [0.15, 0.2) is 11.9 Å². The highest BCUT2D eigenvalue weighted by Gasteiger charge is 2.48. The molecule has 34 heavy (non-hydrogen) atoms. The molecule has 0 saturated carbocycles. The molecule has 0 saturated heterocycles. The number of H-pyrrole nitrogens is 1. The summed E-state index contributed by atoms with van der Waals surface area (Å²) >= 11 is 0. The smallest absolute Gasteiger partial charge is 0.281 e. The van der Waals surface area contributed by atoms with Crippen molar-refractivity contribution < 1.29 is 4.58 Å². The minimum absolute atomic E-state index is 0.557. The number of aromatic amines is 1. The Labute approximate surface area is 195 Å². The predicted molar refractivity (Wildman–Crippen MR) is 128 cm³/mol. The molecule has 0 radical (unpaired) electrons. The van der Waals surface area contributed by atoms with Gasteiger partial charge in [0.1, 0.15) is 7.05 Å². The van der Waals surface area contributed by atoms with Crippen LogP contribution < -0.4 is 4.58 Å². The van der Waals surface area contributed by atoms with E-state index in [1.807, 2.05) is 34.8 Å². The molecule has 1 N–H and O–H groups in total. The van der Waals surface area contributed by atoms with Gasteiger partial charge in [0.2, 0.25) is 0 Å². The third-order valence-electron chi connectivity index (χ3n) is 6.73. The maximum Gasteiger partial charge on any atom is 0.474 e. The number of rotatable bonds is 3. The van der Waals surface area contributed by atoms with E-state index in [4.69, 9.17) is 0 Å². The van der Waals surface area contributed by atoms with Crippen molar-refractivity contribution in [2.24, 2.45) is 0 Å². The lowest BCUT2D eigenvalue weighted by Crippen LogP contribution is -2.29. The highest BCUT2D eigenvalue weighted by molar-refractivity contribution is 5.85. The molecule has 1 aliphatic heterocycles. The van der Waals surface area contributed by atoms with E-state index in [0.29, 0.717) is 0 Å². The molecule has 160 valence electrons. The van der Waals surface area contributed by atoms with Crippen LogP contribution in [0.25, 0.3) is 11.1 Å². The molecule has 0 fully saturated rings. The van der Waals surface area contributed by atoms with Crippen molar-refractivity contribution >= 4 is 23.3 Å². The fraction of sp³-hybridized carbons (Fsp3) is 0.0741. The molecule has 3 aromatic heterocycles. The Balaban J connectivity index is 1.54. The third-order valence-corrected chi connectivity index (χ3v) is 6.73. The summed E-state index contributed by atoms with van der Waals surface area (Å²) in [7, 11) is 1.93. The van der Waals surface area contributed by atoms with Crippen LogP contribution in [0.2, 0.25) is 0 Å². The standard InChI is InChI=1S/C27H19N7/c1-33-17-34(26-25(33)29-13-14-30-26)19-6-4-5-18(15-19)27(24-10-12-31-32-24)22-8-3-2-7-20(22)21-16-28-11-9-23(21)27/h2-16H,1H3,(H,31,32)/q+2. The van der Waals surface area contributed by atoms with Gasteiger partial charge in [-0.25, -0.2) is 0 Å². The van der Waals surface area contributed by atoms with Crippen LogP contribution in [0.5, 0.6) is 0 Å². The van der Waals surface area contributed by atoms with Crippen LogP contribution in [0.15, 0.2) is 91.6 Å². The fourth-order valence-electron chi connectivity index (χ4n) is 5.37. The summed E-state index contributed by atoms with van der Waals surface area (Å²) in [5, 5.41) is 7.62. The maximum atomic E-state index is 4.57. The van der Waals surface area contributed by atoms with Crippen molar-refractivity contribution in [1.82, 2.24) is 29.7 Å². The molecule has 4 heterocycles. The van der Waals surface area contributed by atoms with Gasteiger partial charge in [-0.05, 0) is 46.5 Å². The van der Waals surface area contributed by atoms with Crippen LogP contribution in [-0.2, 0) is 5.41 Å². The quantitative estimate of drug-likeness (QED) is 0.417. The number of hydrogen-bond acceptors (Lipinski definition) is 4. The van der Waals surface area contributed by atoms with E-state index in [-0.39, 0.29) is 0 Å². The second-order valence-electron chi connectivity index (χ2n) is 8.44. The molecule has 5 aromatic rings. The molecule has 2 aromatic carbocycles. The molecule has 0 bridgehead atoms. The number of nitrogens with zero attached hydrogens (tertiary/aromatic N) is 6. The summed E-state index contributed by atoms with van der Waals surface area (Å²) < 4.78 is 3.83. The first-order chi connectivity index (χ1) is 16.8. The van der Waals surface area contributed by atoms with Crippen molar-refractivity contribution in [3.05, 3.63) is 114 Å². The molecular formula is C27H19N7+2. The highest BCUT2D eigenvalue weighted by atomic mass is 15.2. The summed E-state index contributed by atoms with van der Waals surface area (Å²) in [6.07, 6.45) is 9.04. The monoisotopic (exact) mass is 441 g/mol. The lowest BCUT2D eigenvalue weighted by molar-refractivity contribution is -0.398. The second-order valence-corrected chi connectivity index (χ2v) is 8.44. The van der Waals surface area contributed by atoms with E-state index < -0.39 is 5.41 Å². The van der Waals surface area contributed by atoms with Crippen LogP contribution >= 0.6 is 0 Å². The Kier molecular flexibility index (Phi) is 3.80. The topological polar surface area (TPSA) is 73.4 Å². The van der Waals surface area contributed by atoms with Crippen LogP contribution in [-0.4, -0.2) is 42.8 Å². The van der Waals surface area contributed by atoms with Gasteiger partial charge in [0.25, 0.3) is 0 Å². The molecule has 0 amide bonds. The summed E-state index contributed by atoms with van der Waals surface area (Å²) in [5.41, 5.74) is 7.22. The van der Waals surface area contributed by atoms with E-state index >= 15 is 0 Å². The van der Waals surface area contributed by atoms with Gasteiger partial charge >= 0.3 is 17.6 Å². The molecule has 7 rings (SSSR count). The Morgan fingerprint density at radius 3 is 2.56 bits per heavy atom. The number of benzene rings is 2. The normalized spacial score (nSPS) is 17.6. The van der Waals surface area contributed by atoms with Crippen molar-refractivity contribution in [2.75, 3.05) is 7.05 Å². The number of aromatic nitrogens is 5. The summed E-state index contributed by atoms with van der Waals surface area (Å²) in [4.78, 5) is 13.5. The van der Waals surface area contributed by atoms with Crippen LogP contribution in [0.3, 0.4) is 0 Å². The van der Waals surface area contributed by atoms with Gasteiger partial charge < -0.3 is 0 Å². The average molecular weight is 441 g/mol. The number of nitrogens with one attached hydrogen (secondary N) is 1. The zero-order valence-corrected chi connectivity index (χ0v) is 18.3. The van der Waals surface area contributed by atoms with Crippen LogP contribution in [0.4, 0.5) is 17.3 Å². The maximum absolute atomic E-state index is 4.57. The molecule has 0 spiro atoms. The van der Waals surface area contributed by atoms with Crippen molar-refractivity contribution in [1.29, 1.82) is 0 Å². The Hall–Kier alpha value is -4.74. The first-order valence-electron chi connectivity index (χ1n) is 11.0. The SMILES string of the molecule is C[N+]1=C=[N+](c2cccc(C3(c4ccn[nH]4)c4ccccc4-c4cnccc43)c2)c2nccnc21. The second kappa shape index (κ2) is 6.88. The van der Waals surface area contributed by atoms with E-state index in [0.717, 1.165) is 34.1 Å². The average Bonchev–Trinajstić information content (AvgIpc) is 3.61. The van der Waals surface area contributed by atoms with E-state index in [1.54, 1.807) is 12.4 Å². The van der Waals surface area contributed by atoms with E-state index in [9.17, 15) is 0 Å². The van der Waals surface area contributed by atoms with Gasteiger partial charge in [-0.2, -0.15) is 10.1 Å². The van der Waals surface area contributed by atoms with E-state index in [1.165, 1.54) is 16.7 Å². The lowest BCUT2D eigenvalue weighted by Gasteiger charge is -2.31. The van der Waals surface area contributed by atoms with Gasteiger partial charge in [0, 0.05) is 29.1 Å². The van der Waals surface area contributed by atoms with Gasteiger partial charge in [-0.15, -0.1) is 4.58 Å². The van der Waals surface area contributed by atoms with Crippen molar-refractivity contribution in [2.45, 2.75) is 5.41 Å². The Bertz CT molecular complexity index is 1610. The largest absolute Gasteiger partial charge is 0.474 e. The predicted octanol–water partition coefficient (Wildman–Crippen LogP) is 4.25. The Morgan fingerprint density at radius 1 is 0.824 bits per heavy atom. The summed E-state index contributed by atoms with van der Waals surface area (Å²) in [6.45, 7) is 0. The zero-order valence-electron chi connectivity index (χ0n) is 18.3. The Morgan fingerprint density at radius 2 is 1.68 bits per heavy atom. The first kappa shape index (κ1) is 18.8. The van der Waals surface area contributed by atoms with Gasteiger partial charge in [-0.1, -0.05) is 41.0 Å². The summed E-state index contributed by atoms with van der Waals surface area (Å²) in [5.74, 6) is 1.54. The molecule has 7 heteroatoms. The van der Waals surface area contributed by atoms with Gasteiger partial charge in [-0.3, -0.25) is 10.1 Å². The van der Waals surface area contributed by atoms with Crippen molar-refractivity contribution in [3.8, 4) is 11.1 Å². The minimum Gasteiger partial charge on any atom is -0.281 e. The molecule has 1 atom stereocenters. The highest BCUT2D eigenvalue weighted by Crippen LogP contribution is 2.55. The third kappa shape index (κ3) is 2.36. The lowest BCUT2D eigenvalue weighted by atomic mass is 9.70. The van der Waals surface area contributed by atoms with Crippen LogP contribution in [0, 0.1) is 0 Å². The minimum atomic E-state index is -0.557. The van der Waals surface area contributed by atoms with Crippen LogP contribution in [0.1, 0.15) is 22.4 Å². The number of fused-ring (bicyclic) bond motifs is 4. The summed E-state index contributed by atoms with van der Waals surface area (Å²) in [6, 6.07) is 24.6. The molecular weight excluding hydrogens is 422 g/mol. The van der Waals surface area contributed by atoms with Gasteiger partial charge in [0.05, 0.1) is 17.3 Å². The van der Waals surface area contributed by atoms with E-state index in [2.05, 4.69) is 91.8 Å². The molecule has 1 unspecified atom stereocenters.